The molecule has 0 saturated carbocycles. The smallest absolute Gasteiger partial charge is 0.246 e. The number of benzene rings is 1. The van der Waals surface area contributed by atoms with Crippen LogP contribution in [-0.4, -0.2) is 4.57 Å². The molecule has 0 aliphatic heterocycles. The van der Waals surface area contributed by atoms with E-state index < -0.39 is 6.10 Å². The van der Waals surface area contributed by atoms with Crippen molar-refractivity contribution in [3.63, 3.8) is 0 Å². The van der Waals surface area contributed by atoms with Gasteiger partial charge < -0.3 is 5.11 Å². The second-order valence-corrected chi connectivity index (χ2v) is 4.73. The van der Waals surface area contributed by atoms with Crippen LogP contribution < -0.4 is 9.67 Å². The zero-order valence-corrected chi connectivity index (χ0v) is 10.8. The second kappa shape index (κ2) is 4.39. The van der Waals surface area contributed by atoms with E-state index in [1.165, 1.54) is 0 Å². The van der Waals surface area contributed by atoms with Gasteiger partial charge in [-0.25, -0.2) is 9.13 Å². The van der Waals surface area contributed by atoms with Crippen molar-refractivity contribution < 1.29 is 9.67 Å². The molecule has 0 fully saturated rings. The Morgan fingerprint density at radius 2 is 1.94 bits per heavy atom. The van der Waals surface area contributed by atoms with Crippen LogP contribution in [0, 0.1) is 0 Å². The van der Waals surface area contributed by atoms with E-state index in [1.807, 2.05) is 59.9 Å². The fourth-order valence-corrected chi connectivity index (χ4v) is 2.02. The monoisotopic (exact) mass is 280 g/mol. The third-order valence-electron chi connectivity index (χ3n) is 2.64. The van der Waals surface area contributed by atoms with Crippen molar-refractivity contribution in [2.75, 3.05) is 0 Å². The summed E-state index contributed by atoms with van der Waals surface area (Å²) >= 11 is 3.36. The molecule has 2 rings (SSSR count). The summed E-state index contributed by atoms with van der Waals surface area (Å²) in [5.74, 6) is 0.752. The van der Waals surface area contributed by atoms with Crippen LogP contribution in [0.4, 0.5) is 0 Å². The molecular weight excluding hydrogens is 268 g/mol. The molecule has 0 bridgehead atoms. The summed E-state index contributed by atoms with van der Waals surface area (Å²) in [5, 5.41) is 12.3. The first-order chi connectivity index (χ1) is 7.59. The van der Waals surface area contributed by atoms with Gasteiger partial charge in [0.05, 0.1) is 14.1 Å². The van der Waals surface area contributed by atoms with Crippen LogP contribution >= 0.6 is 15.9 Å². The second-order valence-electron chi connectivity index (χ2n) is 3.81. The average Bonchev–Trinajstić information content (AvgIpc) is 2.59. The van der Waals surface area contributed by atoms with E-state index in [9.17, 15) is 5.11 Å². The van der Waals surface area contributed by atoms with Gasteiger partial charge in [0.15, 0.2) is 0 Å². The Morgan fingerprint density at radius 3 is 2.44 bits per heavy atom. The molecule has 0 N–H and O–H groups in total. The van der Waals surface area contributed by atoms with Crippen LogP contribution in [-0.2, 0) is 14.1 Å². The molecule has 1 atom stereocenters. The molecular formula is C12H13BrN2O. The minimum absolute atomic E-state index is 0.752. The van der Waals surface area contributed by atoms with Crippen LogP contribution in [0.3, 0.4) is 0 Å². The highest BCUT2D eigenvalue weighted by Gasteiger charge is 2.15. The summed E-state index contributed by atoms with van der Waals surface area (Å²) in [6.07, 6.45) is 2.93. The number of halogens is 1. The average molecular weight is 281 g/mol. The molecule has 16 heavy (non-hydrogen) atoms. The Bertz CT molecular complexity index is 471. The van der Waals surface area contributed by atoms with Gasteiger partial charge in [0, 0.05) is 10.6 Å². The molecule has 1 heterocycles. The third-order valence-corrected chi connectivity index (χ3v) is 3.17. The molecule has 3 nitrogen and oxygen atoms in total. The van der Waals surface area contributed by atoms with Crippen molar-refractivity contribution in [3.8, 4) is 0 Å². The Labute approximate surface area is 103 Å². The van der Waals surface area contributed by atoms with Crippen LogP contribution in [0.25, 0.3) is 0 Å². The van der Waals surface area contributed by atoms with Crippen molar-refractivity contribution in [1.29, 1.82) is 0 Å². The molecule has 2 aromatic rings. The van der Waals surface area contributed by atoms with E-state index in [1.54, 1.807) is 0 Å². The first kappa shape index (κ1) is 11.4. The SMILES string of the molecule is Cn1cc[n+](C)c1C([O-])c1ccc(Br)cc1. The molecule has 0 radical (unpaired) electrons. The van der Waals surface area contributed by atoms with E-state index in [-0.39, 0.29) is 0 Å². The Morgan fingerprint density at radius 1 is 1.31 bits per heavy atom. The van der Waals surface area contributed by atoms with E-state index in [0.717, 1.165) is 15.9 Å². The van der Waals surface area contributed by atoms with Gasteiger partial charge in [-0.15, -0.1) is 0 Å². The van der Waals surface area contributed by atoms with E-state index in [0.29, 0.717) is 0 Å². The summed E-state index contributed by atoms with van der Waals surface area (Å²) < 4.78 is 4.71. The molecule has 1 unspecified atom stereocenters. The van der Waals surface area contributed by atoms with E-state index >= 15 is 0 Å². The quantitative estimate of drug-likeness (QED) is 0.757. The van der Waals surface area contributed by atoms with Gasteiger partial charge >= 0.3 is 0 Å². The van der Waals surface area contributed by atoms with E-state index in [2.05, 4.69) is 15.9 Å². The third kappa shape index (κ3) is 2.03. The van der Waals surface area contributed by atoms with Crippen molar-refractivity contribution in [2.45, 2.75) is 6.10 Å². The highest BCUT2D eigenvalue weighted by molar-refractivity contribution is 9.10. The molecule has 0 spiro atoms. The fourth-order valence-electron chi connectivity index (χ4n) is 1.76. The van der Waals surface area contributed by atoms with Crippen LogP contribution in [0.5, 0.6) is 0 Å². The molecule has 0 aliphatic carbocycles. The minimum atomic E-state index is -0.849. The lowest BCUT2D eigenvalue weighted by Gasteiger charge is -2.19. The number of aryl methyl sites for hydroxylation is 2. The number of hydrogen-bond acceptors (Lipinski definition) is 1. The molecule has 0 aliphatic rings. The molecule has 0 saturated heterocycles. The summed E-state index contributed by atoms with van der Waals surface area (Å²) in [4.78, 5) is 0. The molecule has 1 aromatic heterocycles. The summed E-state index contributed by atoms with van der Waals surface area (Å²) in [6.45, 7) is 0. The van der Waals surface area contributed by atoms with Crippen molar-refractivity contribution >= 4 is 15.9 Å². The van der Waals surface area contributed by atoms with Gasteiger partial charge in [-0.05, 0) is 17.7 Å². The van der Waals surface area contributed by atoms with Crippen molar-refractivity contribution in [3.05, 3.63) is 52.5 Å². The number of nitrogens with zero attached hydrogens (tertiary/aromatic N) is 2. The van der Waals surface area contributed by atoms with Gasteiger partial charge in [-0.2, -0.15) is 0 Å². The number of aromatic nitrogens is 2. The van der Waals surface area contributed by atoms with Gasteiger partial charge in [-0.1, -0.05) is 28.1 Å². The largest absolute Gasteiger partial charge is 0.840 e. The zero-order valence-electron chi connectivity index (χ0n) is 9.22. The van der Waals surface area contributed by atoms with Gasteiger partial charge in [0.25, 0.3) is 0 Å². The summed E-state index contributed by atoms with van der Waals surface area (Å²) in [7, 11) is 3.78. The van der Waals surface area contributed by atoms with Crippen LogP contribution in [0.2, 0.25) is 0 Å². The summed E-state index contributed by atoms with van der Waals surface area (Å²) in [5.41, 5.74) is 0.778. The maximum atomic E-state index is 12.3. The van der Waals surface area contributed by atoms with Crippen LogP contribution in [0.1, 0.15) is 17.5 Å². The lowest BCUT2D eigenvalue weighted by Crippen LogP contribution is -2.38. The van der Waals surface area contributed by atoms with Crippen molar-refractivity contribution in [1.82, 2.24) is 4.57 Å². The molecule has 1 aromatic carbocycles. The van der Waals surface area contributed by atoms with Gasteiger partial charge in [0.2, 0.25) is 5.82 Å². The molecule has 4 heteroatoms. The Kier molecular flexibility index (Phi) is 3.12. The Balaban J connectivity index is 2.39. The highest BCUT2D eigenvalue weighted by atomic mass is 79.9. The van der Waals surface area contributed by atoms with Crippen LogP contribution in [0.15, 0.2) is 41.1 Å². The van der Waals surface area contributed by atoms with Gasteiger partial charge in [-0.3, -0.25) is 0 Å². The normalized spacial score (nSPS) is 12.8. The van der Waals surface area contributed by atoms with Gasteiger partial charge in [0.1, 0.15) is 12.4 Å². The first-order valence-electron chi connectivity index (χ1n) is 5.01. The highest BCUT2D eigenvalue weighted by Crippen LogP contribution is 2.18. The number of rotatable bonds is 2. The molecule has 0 amide bonds. The molecule has 84 valence electrons. The minimum Gasteiger partial charge on any atom is -0.840 e. The standard InChI is InChI=1S/C12H13BrN2O/c1-14-7-8-15(2)12(14)11(16)9-3-5-10(13)6-4-9/h3-8,11H,1-2H3. The predicted molar refractivity (Wildman–Crippen MR) is 62.6 cm³/mol. The Hall–Kier alpha value is -1.13. The predicted octanol–water partition coefficient (Wildman–Crippen LogP) is 1.06. The lowest BCUT2D eigenvalue weighted by atomic mass is 10.1. The fraction of sp³-hybridized carbons (Fsp3) is 0.250. The zero-order chi connectivity index (χ0) is 11.7. The van der Waals surface area contributed by atoms with E-state index in [4.69, 9.17) is 0 Å². The first-order valence-corrected chi connectivity index (χ1v) is 5.81. The summed E-state index contributed by atoms with van der Waals surface area (Å²) in [6, 6.07) is 7.50. The maximum absolute atomic E-state index is 12.3. The number of hydrogen-bond donors (Lipinski definition) is 0. The number of imidazole rings is 1. The topological polar surface area (TPSA) is 31.9 Å². The maximum Gasteiger partial charge on any atom is 0.246 e. The lowest BCUT2D eigenvalue weighted by molar-refractivity contribution is -0.691. The van der Waals surface area contributed by atoms with Crippen molar-refractivity contribution in [2.24, 2.45) is 14.1 Å².